The van der Waals surface area contributed by atoms with Crippen molar-refractivity contribution in [1.29, 1.82) is 0 Å². The Kier molecular flexibility index (Phi) is 0.780. The highest BCUT2D eigenvalue weighted by Crippen LogP contribution is 2.61. The quantitative estimate of drug-likeness (QED) is 0.371. The first-order valence-electron chi connectivity index (χ1n) is 4.04. The van der Waals surface area contributed by atoms with Crippen LogP contribution < -0.4 is 0 Å². The first-order chi connectivity index (χ1) is 5.29. The molecule has 3 heteroatoms. The predicted octanol–water partition coefficient (Wildman–Crippen LogP) is 0.342. The fraction of sp³-hybridized carbons (Fsp3) is 0.750. The van der Waals surface area contributed by atoms with Crippen molar-refractivity contribution >= 4 is 11.9 Å². The minimum absolute atomic E-state index is 0.0405. The van der Waals surface area contributed by atoms with Crippen LogP contribution in [0.15, 0.2) is 0 Å². The zero-order valence-electron chi connectivity index (χ0n) is 5.95. The van der Waals surface area contributed by atoms with Crippen LogP contribution in [0.5, 0.6) is 0 Å². The molecule has 0 spiro atoms. The molecule has 3 rings (SSSR count). The highest BCUT2D eigenvalue weighted by atomic mass is 16.6. The Labute approximate surface area is 63.7 Å². The van der Waals surface area contributed by atoms with Crippen LogP contribution in [0.25, 0.3) is 0 Å². The molecule has 0 aromatic carbocycles. The van der Waals surface area contributed by atoms with Gasteiger partial charge in [-0.3, -0.25) is 9.59 Å². The molecule has 0 radical (unpaired) electrons. The number of cyclic esters (lactones) is 2. The Morgan fingerprint density at radius 3 is 1.82 bits per heavy atom. The molecule has 0 bridgehead atoms. The van der Waals surface area contributed by atoms with E-state index in [1.54, 1.807) is 0 Å². The van der Waals surface area contributed by atoms with Gasteiger partial charge in [-0.1, -0.05) is 0 Å². The van der Waals surface area contributed by atoms with E-state index in [0.717, 1.165) is 12.8 Å². The second kappa shape index (κ2) is 1.49. The van der Waals surface area contributed by atoms with Crippen molar-refractivity contribution in [3.05, 3.63) is 0 Å². The summed E-state index contributed by atoms with van der Waals surface area (Å²) in [6.45, 7) is 0. The minimum Gasteiger partial charge on any atom is -0.393 e. The second-order valence-corrected chi connectivity index (χ2v) is 3.70. The van der Waals surface area contributed by atoms with E-state index in [0.29, 0.717) is 11.8 Å². The highest BCUT2D eigenvalue weighted by molar-refractivity contribution is 5.98. The van der Waals surface area contributed by atoms with Crippen molar-refractivity contribution in [3.8, 4) is 0 Å². The van der Waals surface area contributed by atoms with Crippen molar-refractivity contribution in [2.75, 3.05) is 0 Å². The monoisotopic (exact) mass is 152 g/mol. The van der Waals surface area contributed by atoms with Crippen molar-refractivity contribution in [2.24, 2.45) is 23.7 Å². The summed E-state index contributed by atoms with van der Waals surface area (Å²) in [5, 5.41) is 0. The lowest BCUT2D eigenvalue weighted by Crippen LogP contribution is -2.54. The van der Waals surface area contributed by atoms with Crippen molar-refractivity contribution in [1.82, 2.24) is 0 Å². The molecule has 58 valence electrons. The average molecular weight is 152 g/mol. The third-order valence-corrected chi connectivity index (χ3v) is 3.44. The van der Waals surface area contributed by atoms with E-state index in [4.69, 9.17) is 0 Å². The highest BCUT2D eigenvalue weighted by Gasteiger charge is 2.66. The summed E-state index contributed by atoms with van der Waals surface area (Å²) in [7, 11) is 0. The zero-order chi connectivity index (χ0) is 7.59. The lowest BCUT2D eigenvalue weighted by Gasteiger charge is -2.52. The third-order valence-electron chi connectivity index (χ3n) is 3.44. The van der Waals surface area contributed by atoms with Gasteiger partial charge in [0.25, 0.3) is 0 Å². The average Bonchev–Trinajstić information content (AvgIpc) is 2.11. The Morgan fingerprint density at radius 1 is 1.00 bits per heavy atom. The van der Waals surface area contributed by atoms with Gasteiger partial charge in [-0.2, -0.15) is 0 Å². The lowest BCUT2D eigenvalue weighted by atomic mass is 9.48. The van der Waals surface area contributed by atoms with Crippen LogP contribution in [0.2, 0.25) is 0 Å². The maximum absolute atomic E-state index is 11.0. The molecule has 0 N–H and O–H groups in total. The van der Waals surface area contributed by atoms with Gasteiger partial charge in [0, 0.05) is 0 Å². The summed E-state index contributed by atoms with van der Waals surface area (Å²) in [5.74, 6) is 0.391. The zero-order valence-corrected chi connectivity index (χ0v) is 5.95. The summed E-state index contributed by atoms with van der Waals surface area (Å²) < 4.78 is 4.55. The second-order valence-electron chi connectivity index (χ2n) is 3.70. The molecular formula is C8H8O3. The molecule has 0 aromatic rings. The van der Waals surface area contributed by atoms with Gasteiger partial charge in [0.05, 0.1) is 11.8 Å². The van der Waals surface area contributed by atoms with Gasteiger partial charge >= 0.3 is 11.9 Å². The van der Waals surface area contributed by atoms with Crippen LogP contribution >= 0.6 is 0 Å². The molecule has 4 unspecified atom stereocenters. The van der Waals surface area contributed by atoms with Crippen LogP contribution in [-0.2, 0) is 14.3 Å². The fourth-order valence-corrected chi connectivity index (χ4v) is 2.71. The van der Waals surface area contributed by atoms with Gasteiger partial charge in [0.15, 0.2) is 0 Å². The molecule has 1 aliphatic heterocycles. The molecule has 3 fully saturated rings. The molecule has 2 aliphatic carbocycles. The van der Waals surface area contributed by atoms with Crippen LogP contribution in [0, 0.1) is 23.7 Å². The third kappa shape index (κ3) is 0.451. The summed E-state index contributed by atoms with van der Waals surface area (Å²) in [5.41, 5.74) is 0. The van der Waals surface area contributed by atoms with Crippen LogP contribution in [0.4, 0.5) is 0 Å². The molecule has 2 saturated carbocycles. The smallest absolute Gasteiger partial charge is 0.317 e. The minimum atomic E-state index is -0.263. The molecule has 3 nitrogen and oxygen atoms in total. The van der Waals surface area contributed by atoms with E-state index in [1.807, 2.05) is 0 Å². The Hall–Kier alpha value is -0.860. The number of ether oxygens (including phenoxy) is 1. The predicted molar refractivity (Wildman–Crippen MR) is 34.3 cm³/mol. The number of carbonyl (C=O) groups excluding carboxylic acids is 2. The number of rotatable bonds is 0. The van der Waals surface area contributed by atoms with E-state index < -0.39 is 0 Å². The van der Waals surface area contributed by atoms with Gasteiger partial charge in [0.1, 0.15) is 0 Å². The number of hydrogen-bond donors (Lipinski definition) is 0. The summed E-state index contributed by atoms with van der Waals surface area (Å²) in [6, 6.07) is 0. The van der Waals surface area contributed by atoms with E-state index in [2.05, 4.69) is 4.74 Å². The lowest BCUT2D eigenvalue weighted by molar-refractivity contribution is -0.153. The Balaban J connectivity index is 1.96. The molecule has 4 atom stereocenters. The van der Waals surface area contributed by atoms with Crippen LogP contribution in [0.3, 0.4) is 0 Å². The molecular weight excluding hydrogens is 144 g/mol. The van der Waals surface area contributed by atoms with E-state index in [1.165, 1.54) is 0 Å². The normalized spacial score (nSPS) is 52.0. The molecule has 0 aromatic heterocycles. The molecule has 1 heterocycles. The first-order valence-corrected chi connectivity index (χ1v) is 4.04. The van der Waals surface area contributed by atoms with Gasteiger partial charge in [-0.05, 0) is 24.7 Å². The fourth-order valence-electron chi connectivity index (χ4n) is 2.71. The van der Waals surface area contributed by atoms with E-state index in [9.17, 15) is 9.59 Å². The topological polar surface area (TPSA) is 43.4 Å². The Bertz CT molecular complexity index is 232. The molecule has 3 aliphatic rings. The number of hydrogen-bond acceptors (Lipinski definition) is 3. The van der Waals surface area contributed by atoms with E-state index >= 15 is 0 Å². The summed E-state index contributed by atoms with van der Waals surface area (Å²) in [6.07, 6.45) is 2.24. The molecule has 0 amide bonds. The largest absolute Gasteiger partial charge is 0.393 e. The molecule has 11 heavy (non-hydrogen) atoms. The van der Waals surface area contributed by atoms with Crippen LogP contribution in [0.1, 0.15) is 12.8 Å². The number of carbonyl (C=O) groups is 2. The maximum Gasteiger partial charge on any atom is 0.317 e. The SMILES string of the molecule is O=C1OC(=O)C2C3CCC3C12. The summed E-state index contributed by atoms with van der Waals surface area (Å²) >= 11 is 0. The number of fused-ring (bicyclic) bond motifs is 4. The van der Waals surface area contributed by atoms with Gasteiger partial charge in [-0.15, -0.1) is 0 Å². The van der Waals surface area contributed by atoms with Crippen molar-refractivity contribution in [3.63, 3.8) is 0 Å². The Morgan fingerprint density at radius 2 is 1.45 bits per heavy atom. The summed E-state index contributed by atoms with van der Waals surface area (Å²) in [4.78, 5) is 22.0. The van der Waals surface area contributed by atoms with Gasteiger partial charge in [-0.25, -0.2) is 0 Å². The van der Waals surface area contributed by atoms with Gasteiger partial charge in [0.2, 0.25) is 0 Å². The standard InChI is InChI=1S/C8H8O3/c9-7-5-3-1-2-4(3)6(5)8(10)11-7/h3-6H,1-2H2. The van der Waals surface area contributed by atoms with Crippen molar-refractivity contribution in [2.45, 2.75) is 12.8 Å². The van der Waals surface area contributed by atoms with Crippen molar-refractivity contribution < 1.29 is 14.3 Å². The first kappa shape index (κ1) is 5.75. The number of esters is 2. The van der Waals surface area contributed by atoms with E-state index in [-0.39, 0.29) is 23.8 Å². The van der Waals surface area contributed by atoms with Gasteiger partial charge < -0.3 is 4.74 Å². The molecule has 1 saturated heterocycles. The maximum atomic E-state index is 11.0. The van der Waals surface area contributed by atoms with Crippen LogP contribution in [-0.4, -0.2) is 11.9 Å².